The second-order valence-electron chi connectivity index (χ2n) is 8.87. The molecule has 2 amide bonds. The molecule has 4 aromatic rings. The van der Waals surface area contributed by atoms with Crippen LogP contribution in [-0.2, 0) is 16.0 Å². The van der Waals surface area contributed by atoms with Gasteiger partial charge in [0.15, 0.2) is 0 Å². The summed E-state index contributed by atoms with van der Waals surface area (Å²) < 4.78 is 56.5. The van der Waals surface area contributed by atoms with Crippen molar-refractivity contribution in [3.8, 4) is 0 Å². The molecule has 0 saturated carbocycles. The average molecular weight is 548 g/mol. The molecule has 0 fully saturated rings. The van der Waals surface area contributed by atoms with Crippen molar-refractivity contribution in [2.45, 2.75) is 18.6 Å². The Hall–Kier alpha value is -5.06. The van der Waals surface area contributed by atoms with Gasteiger partial charge in [0.05, 0.1) is 11.4 Å². The molecule has 3 aromatic carbocycles. The molecule has 2 atom stereocenters. The summed E-state index contributed by atoms with van der Waals surface area (Å²) in [6.45, 7) is 0. The Morgan fingerprint density at radius 2 is 1.45 bits per heavy atom. The zero-order valence-electron chi connectivity index (χ0n) is 20.7. The van der Waals surface area contributed by atoms with Gasteiger partial charge in [-0.25, -0.2) is 4.99 Å². The highest BCUT2D eigenvalue weighted by Crippen LogP contribution is 2.25. The Morgan fingerprint density at radius 1 is 0.850 bits per heavy atom. The molecule has 7 nitrogen and oxygen atoms in total. The lowest BCUT2D eigenvalue weighted by Crippen LogP contribution is -2.49. The van der Waals surface area contributed by atoms with Gasteiger partial charge in [-0.2, -0.15) is 22.5 Å². The summed E-state index contributed by atoms with van der Waals surface area (Å²) in [7, 11) is 0. The number of nitrogens with zero attached hydrogens (tertiary/aromatic N) is 2. The molecule has 2 unspecified atom stereocenters. The van der Waals surface area contributed by atoms with Crippen LogP contribution in [0.4, 0.5) is 28.9 Å². The lowest BCUT2D eigenvalue weighted by molar-refractivity contribution is -0.126. The number of carbonyl (C=O) groups is 2. The number of para-hydroxylation sites is 1. The standard InChI is InChI=1S/C29H21F4N5O2/c30-21-24(22(31)26(33)37-25(21)32)34-20(15-16-9-3-1-4-10-16)28(39)38-27-29(40)35-19-14-8-7-13-18(19)23(36-27)17-11-5-2-6-12-17/h1-14,20,27H,15H2,(H,34,37)(H,35,40)(H,38,39). The van der Waals surface area contributed by atoms with Gasteiger partial charge < -0.3 is 16.0 Å². The fourth-order valence-electron chi connectivity index (χ4n) is 4.26. The third-order valence-electron chi connectivity index (χ3n) is 6.19. The maximum Gasteiger partial charge on any atom is 0.269 e. The molecule has 202 valence electrons. The number of hydrogen-bond acceptors (Lipinski definition) is 5. The zero-order valence-corrected chi connectivity index (χ0v) is 20.7. The number of benzene rings is 3. The molecule has 5 rings (SSSR count). The molecular formula is C29H21F4N5O2. The summed E-state index contributed by atoms with van der Waals surface area (Å²) in [6, 6.07) is 22.9. The maximum absolute atomic E-state index is 14.4. The Bertz CT molecular complexity index is 1570. The monoisotopic (exact) mass is 547 g/mol. The molecule has 40 heavy (non-hydrogen) atoms. The number of pyridine rings is 1. The highest BCUT2D eigenvalue weighted by Gasteiger charge is 2.31. The summed E-state index contributed by atoms with van der Waals surface area (Å²) in [5.74, 6) is -8.91. The number of amides is 2. The molecule has 0 bridgehead atoms. The fraction of sp³-hybridized carbons (Fsp3) is 0.103. The van der Waals surface area contributed by atoms with Crippen LogP contribution in [-0.4, -0.2) is 34.7 Å². The first-order valence-corrected chi connectivity index (χ1v) is 12.2. The normalized spacial score (nSPS) is 15.2. The van der Waals surface area contributed by atoms with Crippen molar-refractivity contribution in [1.29, 1.82) is 0 Å². The lowest BCUT2D eigenvalue weighted by atomic mass is 10.0. The molecule has 0 saturated heterocycles. The molecule has 1 aliphatic heterocycles. The van der Waals surface area contributed by atoms with E-state index in [0.29, 0.717) is 28.1 Å². The molecule has 2 heterocycles. The Balaban J connectivity index is 1.50. The second-order valence-corrected chi connectivity index (χ2v) is 8.87. The number of anilines is 2. The first-order chi connectivity index (χ1) is 19.3. The van der Waals surface area contributed by atoms with Crippen molar-refractivity contribution in [2.75, 3.05) is 10.6 Å². The predicted octanol–water partition coefficient (Wildman–Crippen LogP) is 4.59. The second kappa shape index (κ2) is 11.4. The third kappa shape index (κ3) is 5.53. The van der Waals surface area contributed by atoms with Crippen molar-refractivity contribution in [3.63, 3.8) is 0 Å². The number of benzodiazepines with no additional fused rings is 1. The number of halogens is 4. The number of hydrogen-bond donors (Lipinski definition) is 3. The van der Waals surface area contributed by atoms with Gasteiger partial charge in [-0.15, -0.1) is 0 Å². The number of aliphatic imine (C=N–C) groups is 1. The van der Waals surface area contributed by atoms with Crippen molar-refractivity contribution < 1.29 is 27.2 Å². The number of nitrogens with one attached hydrogen (secondary N) is 3. The molecular weight excluding hydrogens is 526 g/mol. The third-order valence-corrected chi connectivity index (χ3v) is 6.19. The Morgan fingerprint density at radius 3 is 2.12 bits per heavy atom. The summed E-state index contributed by atoms with van der Waals surface area (Å²) >= 11 is 0. The molecule has 1 aromatic heterocycles. The van der Waals surface area contributed by atoms with E-state index >= 15 is 0 Å². The summed E-state index contributed by atoms with van der Waals surface area (Å²) in [4.78, 5) is 33.7. The van der Waals surface area contributed by atoms with Crippen LogP contribution in [0.1, 0.15) is 16.7 Å². The fourth-order valence-corrected chi connectivity index (χ4v) is 4.26. The van der Waals surface area contributed by atoms with E-state index in [0.717, 1.165) is 0 Å². The Labute approximate surface area is 226 Å². The quantitative estimate of drug-likeness (QED) is 0.233. The van der Waals surface area contributed by atoms with Gasteiger partial charge in [0.25, 0.3) is 17.8 Å². The van der Waals surface area contributed by atoms with Gasteiger partial charge in [-0.1, -0.05) is 78.9 Å². The van der Waals surface area contributed by atoms with Gasteiger partial charge in [-0.05, 0) is 11.6 Å². The first-order valence-electron chi connectivity index (χ1n) is 12.2. The maximum atomic E-state index is 14.4. The van der Waals surface area contributed by atoms with Crippen LogP contribution >= 0.6 is 0 Å². The molecule has 11 heteroatoms. The van der Waals surface area contributed by atoms with Crippen LogP contribution in [0, 0.1) is 23.5 Å². The zero-order chi connectivity index (χ0) is 28.2. The van der Waals surface area contributed by atoms with Crippen LogP contribution in [0.2, 0.25) is 0 Å². The van der Waals surface area contributed by atoms with Gasteiger partial charge in [-0.3, -0.25) is 9.59 Å². The van der Waals surface area contributed by atoms with Gasteiger partial charge in [0, 0.05) is 17.5 Å². The average Bonchev–Trinajstić information content (AvgIpc) is 3.10. The van der Waals surface area contributed by atoms with E-state index in [2.05, 4.69) is 25.9 Å². The molecule has 3 N–H and O–H groups in total. The number of rotatable bonds is 7. The van der Waals surface area contributed by atoms with E-state index < -0.39 is 53.2 Å². The topological polar surface area (TPSA) is 95.5 Å². The SMILES string of the molecule is O=C(NC1N=C(c2ccccc2)c2ccccc2NC1=O)C(Cc1ccccc1)Nc1c(F)c(F)nc(F)c1F. The van der Waals surface area contributed by atoms with Gasteiger partial charge >= 0.3 is 0 Å². The Kier molecular flexibility index (Phi) is 7.54. The molecule has 1 aliphatic rings. The van der Waals surface area contributed by atoms with Gasteiger partial charge in [0.2, 0.25) is 23.7 Å². The number of carbonyl (C=O) groups excluding carboxylic acids is 2. The lowest BCUT2D eigenvalue weighted by Gasteiger charge is -2.22. The van der Waals surface area contributed by atoms with Crippen LogP contribution in [0.5, 0.6) is 0 Å². The predicted molar refractivity (Wildman–Crippen MR) is 141 cm³/mol. The molecule has 0 radical (unpaired) electrons. The minimum atomic E-state index is -1.88. The summed E-state index contributed by atoms with van der Waals surface area (Å²) in [5.41, 5.74) is 1.55. The van der Waals surface area contributed by atoms with E-state index in [1.54, 1.807) is 78.9 Å². The summed E-state index contributed by atoms with van der Waals surface area (Å²) in [5, 5.41) is 7.50. The number of fused-ring (bicyclic) bond motifs is 1. The highest BCUT2D eigenvalue weighted by atomic mass is 19.2. The van der Waals surface area contributed by atoms with Crippen LogP contribution < -0.4 is 16.0 Å². The summed E-state index contributed by atoms with van der Waals surface area (Å²) in [6.07, 6.45) is -1.60. The van der Waals surface area contributed by atoms with E-state index in [1.807, 2.05) is 6.07 Å². The van der Waals surface area contributed by atoms with Crippen LogP contribution in [0.25, 0.3) is 0 Å². The first kappa shape index (κ1) is 26.5. The smallest absolute Gasteiger partial charge is 0.269 e. The van der Waals surface area contributed by atoms with E-state index in [9.17, 15) is 27.2 Å². The van der Waals surface area contributed by atoms with E-state index in [1.165, 1.54) is 0 Å². The minimum absolute atomic E-state index is 0.152. The molecule has 0 spiro atoms. The minimum Gasteiger partial charge on any atom is -0.368 e. The van der Waals surface area contributed by atoms with Crippen molar-refractivity contribution in [2.24, 2.45) is 4.99 Å². The largest absolute Gasteiger partial charge is 0.368 e. The van der Waals surface area contributed by atoms with Crippen molar-refractivity contribution in [3.05, 3.63) is 125 Å². The highest BCUT2D eigenvalue weighted by molar-refractivity contribution is 6.19. The van der Waals surface area contributed by atoms with E-state index in [4.69, 9.17) is 0 Å². The number of aromatic nitrogens is 1. The van der Waals surface area contributed by atoms with E-state index in [-0.39, 0.29) is 6.42 Å². The van der Waals surface area contributed by atoms with Crippen molar-refractivity contribution in [1.82, 2.24) is 10.3 Å². The van der Waals surface area contributed by atoms with Crippen LogP contribution in [0.3, 0.4) is 0 Å². The van der Waals surface area contributed by atoms with Crippen molar-refractivity contribution >= 4 is 28.9 Å². The van der Waals surface area contributed by atoms with Crippen LogP contribution in [0.15, 0.2) is 89.9 Å². The molecule has 0 aliphatic carbocycles. The van der Waals surface area contributed by atoms with Gasteiger partial charge in [0.1, 0.15) is 11.7 Å².